The van der Waals surface area contributed by atoms with Gasteiger partial charge in [-0.1, -0.05) is 6.07 Å². The molecule has 4 rings (SSSR count). The van der Waals surface area contributed by atoms with Crippen molar-refractivity contribution in [2.45, 2.75) is 25.4 Å². The van der Waals surface area contributed by atoms with Crippen LogP contribution >= 0.6 is 0 Å². The summed E-state index contributed by atoms with van der Waals surface area (Å²) in [5.74, 6) is 2.38. The number of phenolic OH excluding ortho intramolecular Hbond substituents is 1. The van der Waals surface area contributed by atoms with E-state index in [0.717, 1.165) is 43.0 Å². The molecule has 25 heavy (non-hydrogen) atoms. The lowest BCUT2D eigenvalue weighted by molar-refractivity contribution is 0.157. The molecule has 0 fully saturated rings. The molecule has 1 atom stereocenters. The van der Waals surface area contributed by atoms with Crippen LogP contribution in [0, 0.1) is 0 Å². The maximum atomic E-state index is 10.1. The number of fused-ring (bicyclic) bond motifs is 4. The molecule has 0 bridgehead atoms. The standard InChI is InChI=1S/C20H23NO4/c1-23-18-9-13-6-7-21-11-15-12(4-5-17(22)20(15)25-3)8-16(21)14(13)10-19(18)24-2/h4-5,9-10,16,22H,6-8,11H2,1-3H3/t16-/m1/s1. The number of phenols is 1. The van der Waals surface area contributed by atoms with Crippen molar-refractivity contribution >= 4 is 0 Å². The first-order chi connectivity index (χ1) is 12.2. The molecule has 5 nitrogen and oxygen atoms in total. The summed E-state index contributed by atoms with van der Waals surface area (Å²) in [4.78, 5) is 2.46. The van der Waals surface area contributed by atoms with E-state index in [1.54, 1.807) is 27.4 Å². The summed E-state index contributed by atoms with van der Waals surface area (Å²) >= 11 is 0. The Balaban J connectivity index is 1.77. The minimum Gasteiger partial charge on any atom is -0.504 e. The molecule has 0 saturated heterocycles. The van der Waals surface area contributed by atoms with Crippen LogP contribution in [0.15, 0.2) is 24.3 Å². The van der Waals surface area contributed by atoms with Gasteiger partial charge in [-0.3, -0.25) is 4.90 Å². The summed E-state index contributed by atoms with van der Waals surface area (Å²) < 4.78 is 16.4. The van der Waals surface area contributed by atoms with E-state index in [4.69, 9.17) is 14.2 Å². The average molecular weight is 341 g/mol. The van der Waals surface area contributed by atoms with Gasteiger partial charge in [-0.2, -0.15) is 0 Å². The molecule has 1 N–H and O–H groups in total. The Hall–Kier alpha value is -2.40. The van der Waals surface area contributed by atoms with Gasteiger partial charge in [0.2, 0.25) is 0 Å². The number of methoxy groups -OCH3 is 3. The summed E-state index contributed by atoms with van der Waals surface area (Å²) in [6.07, 6.45) is 1.87. The van der Waals surface area contributed by atoms with Crippen molar-refractivity contribution < 1.29 is 19.3 Å². The minimum atomic E-state index is 0.212. The number of nitrogens with zero attached hydrogens (tertiary/aromatic N) is 1. The second-order valence-corrected chi connectivity index (χ2v) is 6.60. The number of hydrogen-bond acceptors (Lipinski definition) is 5. The van der Waals surface area contributed by atoms with Crippen molar-refractivity contribution in [2.75, 3.05) is 27.9 Å². The van der Waals surface area contributed by atoms with Crippen molar-refractivity contribution in [1.82, 2.24) is 4.90 Å². The normalized spacial score (nSPS) is 18.8. The van der Waals surface area contributed by atoms with Gasteiger partial charge in [0.15, 0.2) is 23.0 Å². The molecular weight excluding hydrogens is 318 g/mol. The molecular formula is C20H23NO4. The van der Waals surface area contributed by atoms with Crippen LogP contribution in [0.25, 0.3) is 0 Å². The second kappa shape index (κ2) is 6.15. The molecule has 0 radical (unpaired) electrons. The first-order valence-electron chi connectivity index (χ1n) is 8.52. The lowest BCUT2D eigenvalue weighted by atomic mass is 9.83. The molecule has 0 amide bonds. The van der Waals surface area contributed by atoms with Gasteiger partial charge in [0.1, 0.15) is 0 Å². The van der Waals surface area contributed by atoms with Crippen LogP contribution in [0.4, 0.5) is 0 Å². The molecule has 2 aromatic rings. The van der Waals surface area contributed by atoms with Gasteiger partial charge in [-0.25, -0.2) is 0 Å². The molecule has 2 aliphatic rings. The summed E-state index contributed by atoms with van der Waals surface area (Å²) in [5, 5.41) is 10.1. The second-order valence-electron chi connectivity index (χ2n) is 6.60. The Bertz CT molecular complexity index is 818. The fourth-order valence-electron chi connectivity index (χ4n) is 4.17. The Morgan fingerprint density at radius 2 is 1.76 bits per heavy atom. The molecule has 2 aromatic carbocycles. The van der Waals surface area contributed by atoms with Gasteiger partial charge in [0, 0.05) is 24.7 Å². The monoisotopic (exact) mass is 341 g/mol. The van der Waals surface area contributed by atoms with E-state index in [1.807, 2.05) is 6.07 Å². The highest BCUT2D eigenvalue weighted by Crippen LogP contribution is 2.45. The van der Waals surface area contributed by atoms with Gasteiger partial charge in [-0.15, -0.1) is 0 Å². The quantitative estimate of drug-likeness (QED) is 0.930. The van der Waals surface area contributed by atoms with E-state index >= 15 is 0 Å². The molecule has 0 unspecified atom stereocenters. The lowest BCUT2D eigenvalue weighted by Gasteiger charge is -2.42. The number of ether oxygens (including phenoxy) is 3. The summed E-state index contributed by atoms with van der Waals surface area (Å²) in [7, 11) is 4.97. The maximum absolute atomic E-state index is 10.1. The van der Waals surface area contributed by atoms with E-state index in [2.05, 4.69) is 17.0 Å². The molecule has 2 heterocycles. The van der Waals surface area contributed by atoms with Crippen molar-refractivity contribution in [3.8, 4) is 23.0 Å². The van der Waals surface area contributed by atoms with Crippen molar-refractivity contribution in [3.63, 3.8) is 0 Å². The highest BCUT2D eigenvalue weighted by molar-refractivity contribution is 5.54. The van der Waals surface area contributed by atoms with Crippen LogP contribution in [0.1, 0.15) is 28.3 Å². The third-order valence-corrected chi connectivity index (χ3v) is 5.43. The largest absolute Gasteiger partial charge is 0.504 e. The first kappa shape index (κ1) is 16.1. The van der Waals surface area contributed by atoms with Crippen LogP contribution in [-0.4, -0.2) is 37.9 Å². The van der Waals surface area contributed by atoms with Gasteiger partial charge in [0.05, 0.1) is 21.3 Å². The van der Waals surface area contributed by atoms with Crippen molar-refractivity contribution in [3.05, 3.63) is 46.5 Å². The third kappa shape index (κ3) is 2.50. The van der Waals surface area contributed by atoms with E-state index < -0.39 is 0 Å². The smallest absolute Gasteiger partial charge is 0.165 e. The van der Waals surface area contributed by atoms with Gasteiger partial charge >= 0.3 is 0 Å². The Morgan fingerprint density at radius 1 is 1.00 bits per heavy atom. The zero-order valence-electron chi connectivity index (χ0n) is 14.8. The van der Waals surface area contributed by atoms with Gasteiger partial charge in [0.25, 0.3) is 0 Å². The summed E-state index contributed by atoms with van der Waals surface area (Å²) in [6, 6.07) is 8.28. The molecule has 0 aliphatic carbocycles. The van der Waals surface area contributed by atoms with Crippen LogP contribution in [0.5, 0.6) is 23.0 Å². The highest BCUT2D eigenvalue weighted by Gasteiger charge is 2.34. The van der Waals surface area contributed by atoms with Crippen molar-refractivity contribution in [1.29, 1.82) is 0 Å². The Morgan fingerprint density at radius 3 is 2.48 bits per heavy atom. The van der Waals surface area contributed by atoms with Crippen LogP contribution in [0.2, 0.25) is 0 Å². The summed E-state index contributed by atoms with van der Waals surface area (Å²) in [5.41, 5.74) is 4.97. The van der Waals surface area contributed by atoms with Gasteiger partial charge in [-0.05, 0) is 47.7 Å². The number of aromatic hydroxyl groups is 1. The molecule has 0 spiro atoms. The predicted octanol–water partition coefficient (Wildman–Crippen LogP) is 3.07. The number of rotatable bonds is 3. The highest BCUT2D eigenvalue weighted by atomic mass is 16.5. The fourth-order valence-corrected chi connectivity index (χ4v) is 4.17. The average Bonchev–Trinajstić information content (AvgIpc) is 2.65. The SMILES string of the molecule is COc1cc2c(cc1OC)[C@H]1Cc3ccc(O)c(OC)c3CN1CC2. The van der Waals surface area contributed by atoms with E-state index in [-0.39, 0.29) is 5.75 Å². The van der Waals surface area contributed by atoms with Crippen LogP contribution in [0.3, 0.4) is 0 Å². The molecule has 0 saturated carbocycles. The fraction of sp³-hybridized carbons (Fsp3) is 0.400. The van der Waals surface area contributed by atoms with Gasteiger partial charge < -0.3 is 19.3 Å². The minimum absolute atomic E-state index is 0.212. The van der Waals surface area contributed by atoms with E-state index in [1.165, 1.54) is 16.7 Å². The molecule has 0 aromatic heterocycles. The zero-order chi connectivity index (χ0) is 17.6. The number of hydrogen-bond donors (Lipinski definition) is 1. The molecule has 2 aliphatic heterocycles. The number of benzene rings is 2. The third-order valence-electron chi connectivity index (χ3n) is 5.43. The van der Waals surface area contributed by atoms with E-state index in [0.29, 0.717) is 11.8 Å². The lowest BCUT2D eigenvalue weighted by Crippen LogP contribution is -2.39. The topological polar surface area (TPSA) is 51.2 Å². The molecule has 5 heteroatoms. The maximum Gasteiger partial charge on any atom is 0.165 e. The summed E-state index contributed by atoms with van der Waals surface area (Å²) in [6.45, 7) is 1.76. The van der Waals surface area contributed by atoms with Crippen LogP contribution < -0.4 is 14.2 Å². The van der Waals surface area contributed by atoms with Crippen LogP contribution in [-0.2, 0) is 19.4 Å². The first-order valence-corrected chi connectivity index (χ1v) is 8.52. The predicted molar refractivity (Wildman–Crippen MR) is 94.8 cm³/mol. The van der Waals surface area contributed by atoms with Crippen molar-refractivity contribution in [2.24, 2.45) is 0 Å². The Kier molecular flexibility index (Phi) is 3.96. The Labute approximate surface area is 147 Å². The zero-order valence-corrected chi connectivity index (χ0v) is 14.8. The molecule has 132 valence electrons. The van der Waals surface area contributed by atoms with E-state index in [9.17, 15) is 5.11 Å².